The molecule has 1 heterocycles. The number of carbonyl (C=O) groups is 2. The van der Waals surface area contributed by atoms with E-state index in [1.807, 2.05) is 13.0 Å². The van der Waals surface area contributed by atoms with Crippen molar-refractivity contribution in [2.24, 2.45) is 0 Å². The molecular weight excluding hydrogens is 306 g/mol. The molecule has 3 rings (SSSR count). The van der Waals surface area contributed by atoms with Crippen LogP contribution in [0.1, 0.15) is 40.1 Å². The molecule has 24 heavy (non-hydrogen) atoms. The maximum absolute atomic E-state index is 12.6. The van der Waals surface area contributed by atoms with E-state index in [1.54, 1.807) is 37.4 Å². The van der Waals surface area contributed by atoms with Crippen molar-refractivity contribution in [1.29, 1.82) is 0 Å². The van der Waals surface area contributed by atoms with E-state index in [2.05, 4.69) is 5.32 Å². The van der Waals surface area contributed by atoms with E-state index < -0.39 is 0 Å². The first-order chi connectivity index (χ1) is 11.5. The van der Waals surface area contributed by atoms with Crippen molar-refractivity contribution in [3.8, 4) is 11.5 Å². The van der Waals surface area contributed by atoms with Crippen LogP contribution >= 0.6 is 0 Å². The number of nitrogens with one attached hydrogen (secondary N) is 1. The number of ether oxygens (including phenoxy) is 2. The molecule has 124 valence electrons. The quantitative estimate of drug-likeness (QED) is 0.874. The highest BCUT2D eigenvalue weighted by molar-refractivity contribution is 6.05. The Bertz CT molecular complexity index is 813. The summed E-state index contributed by atoms with van der Waals surface area (Å²) in [6.45, 7) is 3.47. The van der Waals surface area contributed by atoms with Crippen molar-refractivity contribution in [2.45, 2.75) is 26.4 Å². The van der Waals surface area contributed by atoms with E-state index in [4.69, 9.17) is 9.47 Å². The highest BCUT2D eigenvalue weighted by Crippen LogP contribution is 2.39. The first-order valence-corrected chi connectivity index (χ1v) is 7.78. The van der Waals surface area contributed by atoms with Crippen LogP contribution in [0.3, 0.4) is 0 Å². The topological polar surface area (TPSA) is 64.6 Å². The molecule has 0 aliphatic carbocycles. The highest BCUT2D eigenvalue weighted by atomic mass is 16.5. The SMILES string of the molecule is COc1cc(C(=O)Nc2cccc(C(C)=O)c2)cc2c1O[C@@H](C)C2. The van der Waals surface area contributed by atoms with Gasteiger partial charge in [-0.15, -0.1) is 0 Å². The molecule has 2 aromatic rings. The van der Waals surface area contributed by atoms with Crippen LogP contribution in [0.15, 0.2) is 36.4 Å². The molecule has 0 radical (unpaired) electrons. The van der Waals surface area contributed by atoms with Crippen LogP contribution in [0.5, 0.6) is 11.5 Å². The first-order valence-electron chi connectivity index (χ1n) is 7.78. The maximum atomic E-state index is 12.6. The van der Waals surface area contributed by atoms with E-state index in [1.165, 1.54) is 6.92 Å². The summed E-state index contributed by atoms with van der Waals surface area (Å²) in [7, 11) is 1.56. The molecule has 1 N–H and O–H groups in total. The third-order valence-electron chi connectivity index (χ3n) is 3.97. The smallest absolute Gasteiger partial charge is 0.255 e. The number of anilines is 1. The fourth-order valence-electron chi connectivity index (χ4n) is 2.80. The van der Waals surface area contributed by atoms with Crippen LogP contribution in [0.2, 0.25) is 0 Å². The summed E-state index contributed by atoms with van der Waals surface area (Å²) >= 11 is 0. The number of carbonyl (C=O) groups excluding carboxylic acids is 2. The van der Waals surface area contributed by atoms with Gasteiger partial charge in [0.15, 0.2) is 17.3 Å². The van der Waals surface area contributed by atoms with Crippen LogP contribution in [0, 0.1) is 0 Å². The number of benzene rings is 2. The number of amides is 1. The molecule has 1 atom stereocenters. The summed E-state index contributed by atoms with van der Waals surface area (Å²) in [6, 6.07) is 10.4. The normalized spacial score (nSPS) is 15.4. The number of hydrogen-bond donors (Lipinski definition) is 1. The molecule has 1 aliphatic rings. The minimum atomic E-state index is -0.253. The van der Waals surface area contributed by atoms with Crippen molar-refractivity contribution < 1.29 is 19.1 Å². The Labute approximate surface area is 140 Å². The zero-order chi connectivity index (χ0) is 17.3. The molecule has 0 aromatic heterocycles. The number of fused-ring (bicyclic) bond motifs is 1. The maximum Gasteiger partial charge on any atom is 0.255 e. The lowest BCUT2D eigenvalue weighted by Crippen LogP contribution is -2.12. The predicted octanol–water partition coefficient (Wildman–Crippen LogP) is 3.47. The number of Topliss-reactive ketones (excluding diaryl/α,β-unsaturated/α-hetero) is 1. The van der Waals surface area contributed by atoms with Crippen LogP contribution in [-0.2, 0) is 6.42 Å². The van der Waals surface area contributed by atoms with Gasteiger partial charge in [-0.1, -0.05) is 12.1 Å². The first kappa shape index (κ1) is 16.1. The second-order valence-electron chi connectivity index (χ2n) is 5.89. The molecule has 0 bridgehead atoms. The molecule has 0 unspecified atom stereocenters. The van der Waals surface area contributed by atoms with Gasteiger partial charge < -0.3 is 14.8 Å². The lowest BCUT2D eigenvalue weighted by atomic mass is 10.1. The minimum absolute atomic E-state index is 0.0450. The molecule has 0 spiro atoms. The standard InChI is InChI=1S/C19H19NO4/c1-11-7-14-8-15(10-17(23-3)18(14)24-11)19(22)20-16-6-4-5-13(9-16)12(2)21/h4-6,8-11H,7H2,1-3H3,(H,20,22)/t11-/m0/s1. The summed E-state index contributed by atoms with van der Waals surface area (Å²) in [4.78, 5) is 24.0. The molecule has 1 aliphatic heterocycles. The van der Waals surface area contributed by atoms with E-state index in [9.17, 15) is 9.59 Å². The van der Waals surface area contributed by atoms with Gasteiger partial charge in [-0.2, -0.15) is 0 Å². The molecule has 5 heteroatoms. The van der Waals surface area contributed by atoms with Crippen molar-refractivity contribution in [3.63, 3.8) is 0 Å². The van der Waals surface area contributed by atoms with E-state index >= 15 is 0 Å². The van der Waals surface area contributed by atoms with Crippen molar-refractivity contribution in [2.75, 3.05) is 12.4 Å². The third kappa shape index (κ3) is 3.11. The van der Waals surface area contributed by atoms with Crippen LogP contribution in [-0.4, -0.2) is 24.9 Å². The predicted molar refractivity (Wildman–Crippen MR) is 91.2 cm³/mol. The average molecular weight is 325 g/mol. The average Bonchev–Trinajstić information content (AvgIpc) is 2.94. The van der Waals surface area contributed by atoms with Gasteiger partial charge in [-0.25, -0.2) is 0 Å². The molecule has 0 saturated heterocycles. The number of rotatable bonds is 4. The van der Waals surface area contributed by atoms with E-state index in [-0.39, 0.29) is 17.8 Å². The molecule has 0 saturated carbocycles. The summed E-state index contributed by atoms with van der Waals surface area (Å²) in [5, 5.41) is 2.82. The Kier molecular flexibility index (Phi) is 4.25. The third-order valence-corrected chi connectivity index (χ3v) is 3.97. The monoisotopic (exact) mass is 325 g/mol. The van der Waals surface area contributed by atoms with Crippen LogP contribution in [0.4, 0.5) is 5.69 Å². The fourth-order valence-corrected chi connectivity index (χ4v) is 2.80. The molecular formula is C19H19NO4. The van der Waals surface area contributed by atoms with Gasteiger partial charge >= 0.3 is 0 Å². The second-order valence-corrected chi connectivity index (χ2v) is 5.89. The zero-order valence-electron chi connectivity index (χ0n) is 13.9. The Morgan fingerprint density at radius 2 is 2.00 bits per heavy atom. The summed E-state index contributed by atoms with van der Waals surface area (Å²) < 4.78 is 11.1. The van der Waals surface area contributed by atoms with Gasteiger partial charge in [0.05, 0.1) is 7.11 Å². The van der Waals surface area contributed by atoms with Gasteiger partial charge in [0.2, 0.25) is 0 Å². The van der Waals surface area contributed by atoms with Gasteiger partial charge in [-0.3, -0.25) is 9.59 Å². The van der Waals surface area contributed by atoms with Crippen molar-refractivity contribution >= 4 is 17.4 Å². The van der Waals surface area contributed by atoms with E-state index in [0.29, 0.717) is 28.3 Å². The summed E-state index contributed by atoms with van der Waals surface area (Å²) in [6.07, 6.45) is 0.812. The number of ketones is 1. The Morgan fingerprint density at radius 3 is 2.71 bits per heavy atom. The Hall–Kier alpha value is -2.82. The molecule has 5 nitrogen and oxygen atoms in total. The minimum Gasteiger partial charge on any atom is -0.493 e. The number of methoxy groups -OCH3 is 1. The number of hydrogen-bond acceptors (Lipinski definition) is 4. The van der Waals surface area contributed by atoms with Gasteiger partial charge in [0, 0.05) is 28.8 Å². The summed E-state index contributed by atoms with van der Waals surface area (Å²) in [5.74, 6) is 0.965. The Balaban J connectivity index is 1.87. The lowest BCUT2D eigenvalue weighted by molar-refractivity contribution is 0.101. The highest BCUT2D eigenvalue weighted by Gasteiger charge is 2.25. The molecule has 1 amide bonds. The van der Waals surface area contributed by atoms with Gasteiger partial charge in [0.25, 0.3) is 5.91 Å². The van der Waals surface area contributed by atoms with Crippen molar-refractivity contribution in [3.05, 3.63) is 53.1 Å². The molecule has 0 fully saturated rings. The largest absolute Gasteiger partial charge is 0.493 e. The molecule has 2 aromatic carbocycles. The van der Waals surface area contributed by atoms with Crippen molar-refractivity contribution in [1.82, 2.24) is 0 Å². The van der Waals surface area contributed by atoms with E-state index in [0.717, 1.165) is 12.0 Å². The Morgan fingerprint density at radius 1 is 1.21 bits per heavy atom. The van der Waals surface area contributed by atoms with Gasteiger partial charge in [-0.05, 0) is 38.1 Å². The van der Waals surface area contributed by atoms with Crippen LogP contribution in [0.25, 0.3) is 0 Å². The lowest BCUT2D eigenvalue weighted by Gasteiger charge is -2.11. The fraction of sp³-hybridized carbons (Fsp3) is 0.263. The second kappa shape index (κ2) is 6.35. The summed E-state index contributed by atoms with van der Waals surface area (Å²) in [5.41, 5.74) is 2.60. The van der Waals surface area contributed by atoms with Gasteiger partial charge in [0.1, 0.15) is 6.10 Å². The zero-order valence-corrected chi connectivity index (χ0v) is 13.9. The van der Waals surface area contributed by atoms with Crippen LogP contribution < -0.4 is 14.8 Å².